The Morgan fingerprint density at radius 3 is 2.71 bits per heavy atom. The van der Waals surface area contributed by atoms with E-state index in [1.807, 2.05) is 37.2 Å². The number of ketones is 1. The highest BCUT2D eigenvalue weighted by atomic mass is 16.5. The van der Waals surface area contributed by atoms with Gasteiger partial charge in [0.05, 0.1) is 5.56 Å². The first-order chi connectivity index (χ1) is 6.59. The predicted molar refractivity (Wildman–Crippen MR) is 55.2 cm³/mol. The monoisotopic (exact) mass is 191 g/mol. The lowest BCUT2D eigenvalue weighted by Crippen LogP contribution is -2.14. The molecule has 1 heterocycles. The highest BCUT2D eigenvalue weighted by molar-refractivity contribution is 6.04. The quantitative estimate of drug-likeness (QED) is 0.676. The van der Waals surface area contributed by atoms with Gasteiger partial charge in [0.1, 0.15) is 5.75 Å². The van der Waals surface area contributed by atoms with Crippen LogP contribution in [0.15, 0.2) is 18.2 Å². The van der Waals surface area contributed by atoms with E-state index in [0.717, 1.165) is 5.69 Å². The van der Waals surface area contributed by atoms with Gasteiger partial charge in [-0.3, -0.25) is 4.79 Å². The van der Waals surface area contributed by atoms with Gasteiger partial charge in [0.25, 0.3) is 0 Å². The maximum absolute atomic E-state index is 11.5. The summed E-state index contributed by atoms with van der Waals surface area (Å²) in [4.78, 5) is 13.5. The Labute approximate surface area is 83.3 Å². The topological polar surface area (TPSA) is 29.5 Å². The fourth-order valence-corrected chi connectivity index (χ4v) is 1.55. The van der Waals surface area contributed by atoms with E-state index in [9.17, 15) is 4.79 Å². The zero-order valence-electron chi connectivity index (χ0n) is 8.57. The normalized spacial score (nSPS) is 19.1. The molecule has 3 heteroatoms. The summed E-state index contributed by atoms with van der Waals surface area (Å²) in [7, 11) is 3.92. The average molecular weight is 191 g/mol. The first-order valence-corrected chi connectivity index (χ1v) is 4.62. The van der Waals surface area contributed by atoms with Crippen molar-refractivity contribution in [3.63, 3.8) is 0 Å². The Hall–Kier alpha value is -1.51. The molecule has 1 aliphatic heterocycles. The molecule has 0 aliphatic carbocycles. The molecule has 0 fully saturated rings. The highest BCUT2D eigenvalue weighted by Gasteiger charge is 2.28. The summed E-state index contributed by atoms with van der Waals surface area (Å²) in [5.41, 5.74) is 1.74. The predicted octanol–water partition coefficient (Wildman–Crippen LogP) is 1.72. The van der Waals surface area contributed by atoms with Gasteiger partial charge in [-0.05, 0) is 19.1 Å². The summed E-state index contributed by atoms with van der Waals surface area (Å²) in [6.45, 7) is 1.78. The average Bonchev–Trinajstić information content (AvgIpc) is 2.42. The van der Waals surface area contributed by atoms with E-state index in [-0.39, 0.29) is 11.9 Å². The smallest absolute Gasteiger partial charge is 0.206 e. The van der Waals surface area contributed by atoms with E-state index in [4.69, 9.17) is 4.74 Å². The van der Waals surface area contributed by atoms with Crippen molar-refractivity contribution in [2.75, 3.05) is 19.0 Å². The van der Waals surface area contributed by atoms with Crippen LogP contribution in [0.4, 0.5) is 5.69 Å². The number of carbonyl (C=O) groups is 1. The molecule has 1 atom stereocenters. The Balaban J connectivity index is 2.44. The van der Waals surface area contributed by atoms with Gasteiger partial charge in [-0.15, -0.1) is 0 Å². The van der Waals surface area contributed by atoms with Crippen molar-refractivity contribution >= 4 is 11.5 Å². The minimum Gasteiger partial charge on any atom is -0.482 e. The SMILES string of the molecule is CC1Oc2cc(N(C)C)ccc2C1=O. The van der Waals surface area contributed by atoms with Gasteiger partial charge in [-0.2, -0.15) is 0 Å². The van der Waals surface area contributed by atoms with Crippen LogP contribution in [0.3, 0.4) is 0 Å². The third-order valence-electron chi connectivity index (χ3n) is 2.42. The van der Waals surface area contributed by atoms with Gasteiger partial charge in [0, 0.05) is 25.8 Å². The van der Waals surface area contributed by atoms with Crippen molar-refractivity contribution in [3.05, 3.63) is 23.8 Å². The van der Waals surface area contributed by atoms with Crippen LogP contribution in [-0.4, -0.2) is 26.0 Å². The molecule has 74 valence electrons. The van der Waals surface area contributed by atoms with Crippen LogP contribution in [0.1, 0.15) is 17.3 Å². The molecular weight excluding hydrogens is 178 g/mol. The number of hydrogen-bond donors (Lipinski definition) is 0. The number of nitrogens with zero attached hydrogens (tertiary/aromatic N) is 1. The number of anilines is 1. The second-order valence-electron chi connectivity index (χ2n) is 3.70. The third kappa shape index (κ3) is 1.25. The molecule has 2 rings (SSSR count). The van der Waals surface area contributed by atoms with Crippen molar-refractivity contribution < 1.29 is 9.53 Å². The molecule has 3 nitrogen and oxygen atoms in total. The van der Waals surface area contributed by atoms with Crippen LogP contribution in [0.25, 0.3) is 0 Å². The van der Waals surface area contributed by atoms with Gasteiger partial charge < -0.3 is 9.64 Å². The van der Waals surface area contributed by atoms with E-state index < -0.39 is 0 Å². The number of ether oxygens (including phenoxy) is 1. The number of carbonyl (C=O) groups excluding carboxylic acids is 1. The van der Waals surface area contributed by atoms with Crippen LogP contribution in [0.2, 0.25) is 0 Å². The molecule has 1 aromatic carbocycles. The summed E-state index contributed by atoms with van der Waals surface area (Å²) >= 11 is 0. The third-order valence-corrected chi connectivity index (χ3v) is 2.42. The molecule has 0 amide bonds. The molecule has 1 aliphatic rings. The molecule has 0 aromatic heterocycles. The van der Waals surface area contributed by atoms with Gasteiger partial charge in [0.15, 0.2) is 6.10 Å². The second kappa shape index (κ2) is 3.01. The lowest BCUT2D eigenvalue weighted by Gasteiger charge is -2.12. The lowest BCUT2D eigenvalue weighted by molar-refractivity contribution is 0.0878. The van der Waals surface area contributed by atoms with Crippen molar-refractivity contribution in [3.8, 4) is 5.75 Å². The molecule has 0 saturated heterocycles. The van der Waals surface area contributed by atoms with Crippen LogP contribution in [0, 0.1) is 0 Å². The zero-order valence-corrected chi connectivity index (χ0v) is 8.57. The Kier molecular flexibility index (Phi) is 1.95. The Morgan fingerprint density at radius 1 is 1.36 bits per heavy atom. The number of benzene rings is 1. The van der Waals surface area contributed by atoms with E-state index >= 15 is 0 Å². The number of hydrogen-bond acceptors (Lipinski definition) is 3. The van der Waals surface area contributed by atoms with Crippen LogP contribution >= 0.6 is 0 Å². The van der Waals surface area contributed by atoms with Crippen LogP contribution in [-0.2, 0) is 0 Å². The molecule has 1 unspecified atom stereocenters. The number of fused-ring (bicyclic) bond motifs is 1. The summed E-state index contributed by atoms with van der Waals surface area (Å²) < 4.78 is 5.43. The van der Waals surface area contributed by atoms with Crippen LogP contribution in [0.5, 0.6) is 5.75 Å². The molecule has 14 heavy (non-hydrogen) atoms. The van der Waals surface area contributed by atoms with Gasteiger partial charge >= 0.3 is 0 Å². The standard InChI is InChI=1S/C11H13NO2/c1-7-11(13)9-5-4-8(12(2)3)6-10(9)14-7/h4-7H,1-3H3. The summed E-state index contributed by atoms with van der Waals surface area (Å²) in [6.07, 6.45) is -0.331. The van der Waals surface area contributed by atoms with Crippen LogP contribution < -0.4 is 9.64 Å². The first kappa shape index (κ1) is 9.06. The number of rotatable bonds is 1. The summed E-state index contributed by atoms with van der Waals surface area (Å²) in [5, 5.41) is 0. The molecule has 0 radical (unpaired) electrons. The van der Waals surface area contributed by atoms with E-state index in [2.05, 4.69) is 0 Å². The first-order valence-electron chi connectivity index (χ1n) is 4.62. The van der Waals surface area contributed by atoms with Gasteiger partial charge in [-0.25, -0.2) is 0 Å². The maximum atomic E-state index is 11.5. The molecule has 0 spiro atoms. The molecule has 1 aromatic rings. The van der Waals surface area contributed by atoms with Crippen molar-refractivity contribution in [2.45, 2.75) is 13.0 Å². The molecule has 0 saturated carbocycles. The second-order valence-corrected chi connectivity index (χ2v) is 3.70. The minimum atomic E-state index is -0.331. The van der Waals surface area contributed by atoms with Crippen molar-refractivity contribution in [1.82, 2.24) is 0 Å². The van der Waals surface area contributed by atoms with E-state index in [1.165, 1.54) is 0 Å². The fraction of sp³-hybridized carbons (Fsp3) is 0.364. The fourth-order valence-electron chi connectivity index (χ4n) is 1.55. The highest BCUT2D eigenvalue weighted by Crippen LogP contribution is 2.31. The largest absolute Gasteiger partial charge is 0.482 e. The molecule has 0 N–H and O–H groups in total. The van der Waals surface area contributed by atoms with Gasteiger partial charge in [0.2, 0.25) is 5.78 Å². The Morgan fingerprint density at radius 2 is 2.07 bits per heavy atom. The van der Waals surface area contributed by atoms with E-state index in [0.29, 0.717) is 11.3 Å². The summed E-state index contributed by atoms with van der Waals surface area (Å²) in [6, 6.07) is 5.66. The maximum Gasteiger partial charge on any atom is 0.206 e. The molecular formula is C11H13NO2. The van der Waals surface area contributed by atoms with Crippen molar-refractivity contribution in [1.29, 1.82) is 0 Å². The molecule has 0 bridgehead atoms. The summed E-state index contributed by atoms with van der Waals surface area (Å²) in [5.74, 6) is 0.777. The van der Waals surface area contributed by atoms with Gasteiger partial charge in [-0.1, -0.05) is 0 Å². The zero-order chi connectivity index (χ0) is 10.3. The van der Waals surface area contributed by atoms with Crippen molar-refractivity contribution in [2.24, 2.45) is 0 Å². The Bertz CT molecular complexity index is 385. The minimum absolute atomic E-state index is 0.0744. The van der Waals surface area contributed by atoms with E-state index in [1.54, 1.807) is 6.92 Å². The lowest BCUT2D eigenvalue weighted by atomic mass is 10.1. The number of Topliss-reactive ketones (excluding diaryl/α,β-unsaturated/α-hetero) is 1.